The summed E-state index contributed by atoms with van der Waals surface area (Å²) in [5.41, 5.74) is 1.78. The Labute approximate surface area is 170 Å². The number of rotatable bonds is 6. The van der Waals surface area contributed by atoms with Gasteiger partial charge in [-0.25, -0.2) is 9.18 Å². The lowest BCUT2D eigenvalue weighted by molar-refractivity contribution is 0.0651. The van der Waals surface area contributed by atoms with E-state index >= 15 is 0 Å². The predicted octanol–water partition coefficient (Wildman–Crippen LogP) is 3.54. The maximum atomic E-state index is 13.3. The van der Waals surface area contributed by atoms with Gasteiger partial charge in [0.15, 0.2) is 0 Å². The minimum absolute atomic E-state index is 0.0458. The van der Waals surface area contributed by atoms with Crippen molar-refractivity contribution in [1.82, 2.24) is 4.90 Å². The molecule has 0 bridgehead atoms. The van der Waals surface area contributed by atoms with Crippen LogP contribution in [0.5, 0.6) is 0 Å². The van der Waals surface area contributed by atoms with Gasteiger partial charge in [0.2, 0.25) is 0 Å². The van der Waals surface area contributed by atoms with Gasteiger partial charge in [-0.3, -0.25) is 4.18 Å². The maximum Gasteiger partial charge on any atom is 0.410 e. The summed E-state index contributed by atoms with van der Waals surface area (Å²) in [6, 6.07) is 15.5. The summed E-state index contributed by atoms with van der Waals surface area (Å²) in [6.45, 7) is 0.877. The largest absolute Gasteiger partial charge is 0.445 e. The summed E-state index contributed by atoms with van der Waals surface area (Å²) in [5, 5.41) is 0. The van der Waals surface area contributed by atoms with Crippen LogP contribution in [0.25, 0.3) is 0 Å². The van der Waals surface area contributed by atoms with Gasteiger partial charge in [-0.1, -0.05) is 42.5 Å². The van der Waals surface area contributed by atoms with Crippen molar-refractivity contribution in [3.63, 3.8) is 0 Å². The number of amides is 1. The molecule has 0 unspecified atom stereocenters. The zero-order valence-electron chi connectivity index (χ0n) is 16.2. The molecule has 0 spiro atoms. The first-order valence-corrected chi connectivity index (χ1v) is 11.2. The predicted molar refractivity (Wildman–Crippen MR) is 106 cm³/mol. The van der Waals surface area contributed by atoms with Crippen LogP contribution in [0.15, 0.2) is 54.6 Å². The smallest absolute Gasteiger partial charge is 0.410 e. The zero-order chi connectivity index (χ0) is 20.9. The highest BCUT2D eigenvalue weighted by Gasteiger charge is 2.34. The molecule has 2 atom stereocenters. The van der Waals surface area contributed by atoms with Gasteiger partial charge in [0.1, 0.15) is 12.4 Å². The number of nitrogens with zero attached hydrogens (tertiary/aromatic N) is 1. The minimum Gasteiger partial charge on any atom is -0.445 e. The number of halogens is 1. The highest BCUT2D eigenvalue weighted by molar-refractivity contribution is 7.85. The molecule has 0 aliphatic carbocycles. The molecular weight excluding hydrogens is 397 g/mol. The standard InChI is InChI=1S/C21H24FNO5S/c1-29(25,26)28-15-18-13-23(21(24)27-14-16-5-3-2-4-6-16)12-11-20(18)17-7-9-19(22)10-8-17/h2-10,18,20H,11-15H2,1H3/t18-,20-/m1/s1. The summed E-state index contributed by atoms with van der Waals surface area (Å²) >= 11 is 0. The lowest BCUT2D eigenvalue weighted by Gasteiger charge is -2.38. The van der Waals surface area contributed by atoms with Crippen LogP contribution in [0.3, 0.4) is 0 Å². The Bertz CT molecular complexity index is 918. The van der Waals surface area contributed by atoms with E-state index in [0.29, 0.717) is 19.5 Å². The van der Waals surface area contributed by atoms with E-state index in [0.717, 1.165) is 17.4 Å². The lowest BCUT2D eigenvalue weighted by atomic mass is 9.81. The fraction of sp³-hybridized carbons (Fsp3) is 0.381. The fourth-order valence-corrected chi connectivity index (χ4v) is 3.96. The van der Waals surface area contributed by atoms with Crippen molar-refractivity contribution in [2.24, 2.45) is 5.92 Å². The number of carbonyl (C=O) groups excluding carboxylic acids is 1. The van der Waals surface area contributed by atoms with Gasteiger partial charge in [0.25, 0.3) is 10.1 Å². The van der Waals surface area contributed by atoms with Crippen molar-refractivity contribution in [2.45, 2.75) is 18.9 Å². The third kappa shape index (κ3) is 6.27. The third-order valence-corrected chi connectivity index (χ3v) is 5.56. The number of ether oxygens (including phenoxy) is 1. The van der Waals surface area contributed by atoms with E-state index < -0.39 is 16.2 Å². The quantitative estimate of drug-likeness (QED) is 0.667. The summed E-state index contributed by atoms with van der Waals surface area (Å²) in [7, 11) is -3.61. The van der Waals surface area contributed by atoms with Gasteiger partial charge >= 0.3 is 6.09 Å². The number of hydrogen-bond donors (Lipinski definition) is 0. The summed E-state index contributed by atoms with van der Waals surface area (Å²) in [4.78, 5) is 14.1. The van der Waals surface area contributed by atoms with E-state index in [1.165, 1.54) is 12.1 Å². The molecule has 6 nitrogen and oxygen atoms in total. The van der Waals surface area contributed by atoms with Crippen LogP contribution in [0, 0.1) is 11.7 Å². The van der Waals surface area contributed by atoms with Crippen LogP contribution >= 0.6 is 0 Å². The lowest BCUT2D eigenvalue weighted by Crippen LogP contribution is -2.44. The Morgan fingerprint density at radius 1 is 1.14 bits per heavy atom. The van der Waals surface area contributed by atoms with Crippen LogP contribution in [0.4, 0.5) is 9.18 Å². The second-order valence-corrected chi connectivity index (χ2v) is 8.83. The second-order valence-electron chi connectivity index (χ2n) is 7.18. The van der Waals surface area contributed by atoms with Crippen LogP contribution in [-0.4, -0.2) is 45.4 Å². The number of carbonyl (C=O) groups is 1. The van der Waals surface area contributed by atoms with Gasteiger partial charge < -0.3 is 9.64 Å². The molecule has 1 aliphatic rings. The highest BCUT2D eigenvalue weighted by Crippen LogP contribution is 2.34. The first kappa shape index (κ1) is 21.3. The normalized spacial score (nSPS) is 19.7. The first-order chi connectivity index (χ1) is 13.8. The van der Waals surface area contributed by atoms with Crippen molar-refractivity contribution >= 4 is 16.2 Å². The third-order valence-electron chi connectivity index (χ3n) is 4.99. The molecule has 1 saturated heterocycles. The molecule has 29 heavy (non-hydrogen) atoms. The summed E-state index contributed by atoms with van der Waals surface area (Å²) < 4.78 is 46.6. The fourth-order valence-electron chi connectivity index (χ4n) is 3.54. The molecule has 0 radical (unpaired) electrons. The number of benzene rings is 2. The highest BCUT2D eigenvalue weighted by atomic mass is 32.2. The first-order valence-electron chi connectivity index (χ1n) is 9.37. The van der Waals surface area contributed by atoms with Crippen LogP contribution in [0.1, 0.15) is 23.5 Å². The summed E-state index contributed by atoms with van der Waals surface area (Å²) in [6.07, 6.45) is 1.15. The molecule has 1 amide bonds. The van der Waals surface area contributed by atoms with Crippen LogP contribution in [0.2, 0.25) is 0 Å². The molecule has 0 saturated carbocycles. The van der Waals surface area contributed by atoms with E-state index in [-0.39, 0.29) is 30.9 Å². The molecule has 3 rings (SSSR count). The second kappa shape index (κ2) is 9.37. The molecule has 156 valence electrons. The molecule has 0 aromatic heterocycles. The zero-order valence-corrected chi connectivity index (χ0v) is 17.0. The average Bonchev–Trinajstić information content (AvgIpc) is 2.71. The van der Waals surface area contributed by atoms with Crippen molar-refractivity contribution in [2.75, 3.05) is 26.0 Å². The number of likely N-dealkylation sites (tertiary alicyclic amines) is 1. The molecule has 2 aromatic rings. The monoisotopic (exact) mass is 421 g/mol. The Balaban J connectivity index is 1.67. The van der Waals surface area contributed by atoms with Gasteiger partial charge in [0.05, 0.1) is 12.9 Å². The van der Waals surface area contributed by atoms with E-state index in [4.69, 9.17) is 8.92 Å². The van der Waals surface area contributed by atoms with E-state index in [1.807, 2.05) is 30.3 Å². The van der Waals surface area contributed by atoms with Gasteiger partial charge in [-0.05, 0) is 35.6 Å². The van der Waals surface area contributed by atoms with Crippen molar-refractivity contribution in [3.05, 3.63) is 71.5 Å². The van der Waals surface area contributed by atoms with Crippen molar-refractivity contribution < 1.29 is 26.5 Å². The Morgan fingerprint density at radius 2 is 1.83 bits per heavy atom. The minimum atomic E-state index is -3.61. The van der Waals surface area contributed by atoms with Crippen molar-refractivity contribution in [1.29, 1.82) is 0 Å². The molecular formula is C21H24FNO5S. The molecule has 1 fully saturated rings. The van der Waals surface area contributed by atoms with Crippen LogP contribution < -0.4 is 0 Å². The molecule has 1 aliphatic heterocycles. The molecule has 8 heteroatoms. The topological polar surface area (TPSA) is 72.9 Å². The van der Waals surface area contributed by atoms with E-state index in [2.05, 4.69) is 0 Å². The van der Waals surface area contributed by atoms with Crippen molar-refractivity contribution in [3.8, 4) is 0 Å². The molecule has 0 N–H and O–H groups in total. The Morgan fingerprint density at radius 3 is 2.48 bits per heavy atom. The number of piperidine rings is 1. The maximum absolute atomic E-state index is 13.3. The molecule has 1 heterocycles. The van der Waals surface area contributed by atoms with Gasteiger partial charge in [-0.2, -0.15) is 8.42 Å². The van der Waals surface area contributed by atoms with Gasteiger partial charge in [-0.15, -0.1) is 0 Å². The number of hydrogen-bond acceptors (Lipinski definition) is 5. The SMILES string of the molecule is CS(=O)(=O)OC[C@H]1CN(C(=O)OCc2ccccc2)CC[C@@H]1c1ccc(F)cc1. The summed E-state index contributed by atoms with van der Waals surface area (Å²) in [5.74, 6) is -0.636. The van der Waals surface area contributed by atoms with Crippen LogP contribution in [-0.2, 0) is 25.6 Å². The van der Waals surface area contributed by atoms with E-state index in [1.54, 1.807) is 17.0 Å². The Hall–Kier alpha value is -2.45. The average molecular weight is 421 g/mol. The van der Waals surface area contributed by atoms with Gasteiger partial charge in [0, 0.05) is 19.0 Å². The molecule has 2 aromatic carbocycles. The Kier molecular flexibility index (Phi) is 6.87. The van der Waals surface area contributed by atoms with E-state index in [9.17, 15) is 17.6 Å².